The molecule has 0 bridgehead atoms. The van der Waals surface area contributed by atoms with E-state index in [0.717, 1.165) is 5.69 Å². The van der Waals surface area contributed by atoms with Crippen molar-refractivity contribution in [2.75, 3.05) is 0 Å². The molecule has 0 fully saturated rings. The zero-order valence-electron chi connectivity index (χ0n) is 26.5. The summed E-state index contributed by atoms with van der Waals surface area (Å²) in [6, 6.07) is 48.7. The second kappa shape index (κ2) is 10.7. The number of nitrogens with one attached hydrogen (secondary N) is 1. The van der Waals surface area contributed by atoms with E-state index in [-0.39, 0.29) is 11.5 Å². The average Bonchev–Trinajstić information content (AvgIpc) is 3.36. The van der Waals surface area contributed by atoms with Gasteiger partial charge in [0, 0.05) is 17.8 Å². The monoisotopic (exact) mass is 602 g/mol. The second-order valence-corrected chi connectivity index (χ2v) is 13.2. The van der Waals surface area contributed by atoms with Crippen LogP contribution in [0.5, 0.6) is 0 Å². The lowest BCUT2D eigenvalue weighted by Gasteiger charge is -2.25. The van der Waals surface area contributed by atoms with Gasteiger partial charge in [0.25, 0.3) is 0 Å². The SMILES string of the molecule is CC1(C)c2ccccc2-c2cc3c(-c4ccc(-c5ccccc5)cc4)c4ccccc4c(C4=CNC(c5ccccn5)C=C4)c3cc21. The fraction of sp³-hybridized carbons (Fsp3) is 0.0889. The van der Waals surface area contributed by atoms with Crippen LogP contribution >= 0.6 is 0 Å². The van der Waals surface area contributed by atoms with E-state index in [9.17, 15) is 0 Å². The van der Waals surface area contributed by atoms with Crippen molar-refractivity contribution in [1.82, 2.24) is 10.3 Å². The highest BCUT2D eigenvalue weighted by Gasteiger charge is 2.36. The zero-order valence-corrected chi connectivity index (χ0v) is 26.5. The van der Waals surface area contributed by atoms with Crippen LogP contribution in [0.3, 0.4) is 0 Å². The van der Waals surface area contributed by atoms with Crippen LogP contribution in [0.15, 0.2) is 158 Å². The number of hydrogen-bond donors (Lipinski definition) is 1. The molecule has 0 radical (unpaired) electrons. The molecule has 0 spiro atoms. The number of hydrogen-bond acceptors (Lipinski definition) is 2. The Bertz CT molecular complexity index is 2380. The number of pyridine rings is 1. The number of fused-ring (bicyclic) bond motifs is 5. The van der Waals surface area contributed by atoms with Gasteiger partial charge in [0.2, 0.25) is 0 Å². The maximum absolute atomic E-state index is 4.60. The minimum atomic E-state index is -0.0976. The molecular weight excluding hydrogens is 569 g/mol. The number of nitrogens with zero attached hydrogens (tertiary/aromatic N) is 1. The van der Waals surface area contributed by atoms with Crippen molar-refractivity contribution in [3.8, 4) is 33.4 Å². The van der Waals surface area contributed by atoms with Crippen molar-refractivity contribution in [3.05, 3.63) is 180 Å². The molecule has 1 aliphatic carbocycles. The van der Waals surface area contributed by atoms with Crippen LogP contribution in [-0.4, -0.2) is 4.98 Å². The Morgan fingerprint density at radius 1 is 0.553 bits per heavy atom. The first-order valence-corrected chi connectivity index (χ1v) is 16.4. The molecule has 2 heterocycles. The van der Waals surface area contributed by atoms with Gasteiger partial charge in [-0.3, -0.25) is 4.98 Å². The molecule has 0 amide bonds. The quantitative estimate of drug-likeness (QED) is 0.203. The molecule has 2 nitrogen and oxygen atoms in total. The van der Waals surface area contributed by atoms with E-state index in [2.05, 4.69) is 164 Å². The summed E-state index contributed by atoms with van der Waals surface area (Å²) in [7, 11) is 0. The van der Waals surface area contributed by atoms with Crippen LogP contribution in [0.2, 0.25) is 0 Å². The van der Waals surface area contributed by atoms with Gasteiger partial charge in [-0.15, -0.1) is 0 Å². The molecular formula is C45H34N2. The van der Waals surface area contributed by atoms with Crippen LogP contribution in [0, 0.1) is 0 Å². The first-order chi connectivity index (χ1) is 23.1. The third kappa shape index (κ3) is 4.36. The fourth-order valence-electron chi connectivity index (χ4n) is 7.84. The van der Waals surface area contributed by atoms with Crippen molar-refractivity contribution in [3.63, 3.8) is 0 Å². The number of benzene rings is 6. The normalized spacial score (nSPS) is 16.0. The largest absolute Gasteiger partial charge is 0.379 e. The third-order valence-electron chi connectivity index (χ3n) is 10.2. The summed E-state index contributed by atoms with van der Waals surface area (Å²) in [5.74, 6) is 0. The van der Waals surface area contributed by atoms with Crippen LogP contribution in [0.4, 0.5) is 0 Å². The van der Waals surface area contributed by atoms with Crippen molar-refractivity contribution in [1.29, 1.82) is 0 Å². The van der Waals surface area contributed by atoms with Crippen LogP contribution in [0.1, 0.15) is 42.3 Å². The molecule has 1 aliphatic heterocycles. The smallest absolute Gasteiger partial charge is 0.0868 e. The average molecular weight is 603 g/mol. The van der Waals surface area contributed by atoms with Gasteiger partial charge in [-0.05, 0) is 101 Å². The summed E-state index contributed by atoms with van der Waals surface area (Å²) in [6.07, 6.45) is 8.55. The molecule has 7 aromatic rings. The first kappa shape index (κ1) is 27.6. The zero-order chi connectivity index (χ0) is 31.5. The summed E-state index contributed by atoms with van der Waals surface area (Å²) in [4.78, 5) is 4.60. The van der Waals surface area contributed by atoms with Crippen molar-refractivity contribution in [2.24, 2.45) is 0 Å². The molecule has 1 atom stereocenters. The standard InChI is InChI=1S/C45H34N2/c1-45(2)39-17-9-8-14-33(39)36-26-37-38(27-40(36)45)44(32-23-24-42(47-28-32)41-18-10-11-25-46-41)35-16-7-6-15-34(35)43(37)31-21-19-30(20-22-31)29-12-4-3-5-13-29/h3-28,42,47H,1-2H3. The van der Waals surface area contributed by atoms with Gasteiger partial charge in [0.15, 0.2) is 0 Å². The van der Waals surface area contributed by atoms with Crippen molar-refractivity contribution < 1.29 is 0 Å². The Balaban J connectivity index is 1.31. The van der Waals surface area contributed by atoms with E-state index in [1.807, 2.05) is 18.3 Å². The summed E-state index contributed by atoms with van der Waals surface area (Å²) < 4.78 is 0. The molecule has 224 valence electrons. The van der Waals surface area contributed by atoms with E-state index in [4.69, 9.17) is 0 Å². The van der Waals surface area contributed by atoms with E-state index < -0.39 is 0 Å². The Hall–Kier alpha value is -5.73. The predicted octanol–water partition coefficient (Wildman–Crippen LogP) is 11.3. The predicted molar refractivity (Wildman–Crippen MR) is 197 cm³/mol. The highest BCUT2D eigenvalue weighted by Crippen LogP contribution is 2.52. The lowest BCUT2D eigenvalue weighted by Crippen LogP contribution is -2.17. The topological polar surface area (TPSA) is 24.9 Å². The molecule has 1 aromatic heterocycles. The van der Waals surface area contributed by atoms with Gasteiger partial charge in [-0.25, -0.2) is 0 Å². The molecule has 0 saturated carbocycles. The number of allylic oxidation sites excluding steroid dienone is 2. The van der Waals surface area contributed by atoms with Gasteiger partial charge in [0.1, 0.15) is 0 Å². The van der Waals surface area contributed by atoms with E-state index in [1.165, 1.54) is 77.2 Å². The number of dihydropyridines is 1. The Labute approximate surface area is 275 Å². The van der Waals surface area contributed by atoms with Crippen LogP contribution in [-0.2, 0) is 5.41 Å². The van der Waals surface area contributed by atoms with Crippen LogP contribution < -0.4 is 5.32 Å². The summed E-state index contributed by atoms with van der Waals surface area (Å²) >= 11 is 0. The maximum atomic E-state index is 4.60. The minimum absolute atomic E-state index is 0.0394. The highest BCUT2D eigenvalue weighted by atomic mass is 14.9. The van der Waals surface area contributed by atoms with Gasteiger partial charge in [0.05, 0.1) is 11.7 Å². The molecule has 6 aromatic carbocycles. The molecule has 1 N–H and O–H groups in total. The van der Waals surface area contributed by atoms with Gasteiger partial charge in [-0.1, -0.05) is 135 Å². The first-order valence-electron chi connectivity index (χ1n) is 16.4. The van der Waals surface area contributed by atoms with Crippen molar-refractivity contribution >= 4 is 27.1 Å². The second-order valence-electron chi connectivity index (χ2n) is 13.2. The fourth-order valence-corrected chi connectivity index (χ4v) is 7.84. The van der Waals surface area contributed by atoms with Crippen LogP contribution in [0.25, 0.3) is 60.5 Å². The summed E-state index contributed by atoms with van der Waals surface area (Å²) in [5.41, 5.74) is 13.8. The van der Waals surface area contributed by atoms with Gasteiger partial charge in [-0.2, -0.15) is 0 Å². The lowest BCUT2D eigenvalue weighted by molar-refractivity contribution is 0.661. The molecule has 47 heavy (non-hydrogen) atoms. The molecule has 2 heteroatoms. The third-order valence-corrected chi connectivity index (χ3v) is 10.2. The van der Waals surface area contributed by atoms with Gasteiger partial charge < -0.3 is 5.32 Å². The van der Waals surface area contributed by atoms with E-state index in [0.29, 0.717) is 0 Å². The molecule has 1 unspecified atom stereocenters. The summed E-state index contributed by atoms with van der Waals surface area (Å²) in [5, 5.41) is 8.72. The molecule has 9 rings (SSSR count). The molecule has 0 saturated heterocycles. The maximum Gasteiger partial charge on any atom is 0.0868 e. The number of aromatic nitrogens is 1. The molecule has 2 aliphatic rings. The lowest BCUT2D eigenvalue weighted by atomic mass is 9.79. The minimum Gasteiger partial charge on any atom is -0.379 e. The Morgan fingerprint density at radius 2 is 1.21 bits per heavy atom. The summed E-state index contributed by atoms with van der Waals surface area (Å²) in [6.45, 7) is 4.73. The number of rotatable bonds is 4. The Morgan fingerprint density at radius 3 is 1.96 bits per heavy atom. The van der Waals surface area contributed by atoms with E-state index in [1.54, 1.807) is 0 Å². The van der Waals surface area contributed by atoms with Crippen molar-refractivity contribution in [2.45, 2.75) is 25.3 Å². The van der Waals surface area contributed by atoms with E-state index >= 15 is 0 Å². The Kier molecular flexibility index (Phi) is 6.26. The van der Waals surface area contributed by atoms with Gasteiger partial charge >= 0.3 is 0 Å². The highest BCUT2D eigenvalue weighted by molar-refractivity contribution is 6.20.